The molecule has 0 aliphatic heterocycles. The largest absolute Gasteiger partial charge is 0.466 e. The van der Waals surface area contributed by atoms with Gasteiger partial charge in [-0.1, -0.05) is 71.1 Å². The molecule has 0 aliphatic rings. The van der Waals surface area contributed by atoms with Crippen LogP contribution in [0, 0.1) is 0 Å². The fraction of sp³-hybridized carbons (Fsp3) is 0.950. The molecule has 0 amide bonds. The lowest BCUT2D eigenvalue weighted by atomic mass is 10.0. The number of esters is 1. The SMILES string of the molecule is CCCCCCCCC(Cl)C(Cl)CCCCCCCC(=O)OCC. The molecule has 2 unspecified atom stereocenters. The molecule has 0 aromatic carbocycles. The molecule has 4 heteroatoms. The summed E-state index contributed by atoms with van der Waals surface area (Å²) >= 11 is 12.8. The van der Waals surface area contributed by atoms with Crippen molar-refractivity contribution in [2.75, 3.05) is 6.61 Å². The number of carbonyl (C=O) groups is 1. The van der Waals surface area contributed by atoms with Crippen LogP contribution in [0.15, 0.2) is 0 Å². The topological polar surface area (TPSA) is 26.3 Å². The Balaban J connectivity index is 3.41. The van der Waals surface area contributed by atoms with E-state index in [2.05, 4.69) is 6.92 Å². The molecule has 0 spiro atoms. The molecule has 0 aliphatic carbocycles. The quantitative estimate of drug-likeness (QED) is 0.151. The minimum Gasteiger partial charge on any atom is -0.466 e. The summed E-state index contributed by atoms with van der Waals surface area (Å²) in [5.74, 6) is -0.0713. The summed E-state index contributed by atoms with van der Waals surface area (Å²) < 4.78 is 4.92. The van der Waals surface area contributed by atoms with Crippen LogP contribution in [0.2, 0.25) is 0 Å². The Morgan fingerprint density at radius 1 is 0.750 bits per heavy atom. The maximum absolute atomic E-state index is 11.2. The smallest absolute Gasteiger partial charge is 0.305 e. The van der Waals surface area contributed by atoms with Gasteiger partial charge in [0.15, 0.2) is 0 Å². The van der Waals surface area contributed by atoms with Crippen LogP contribution in [-0.2, 0) is 9.53 Å². The van der Waals surface area contributed by atoms with E-state index in [0.717, 1.165) is 38.5 Å². The van der Waals surface area contributed by atoms with Gasteiger partial charge in [-0.25, -0.2) is 0 Å². The number of rotatable bonds is 17. The number of unbranched alkanes of at least 4 members (excludes halogenated alkanes) is 9. The summed E-state index contributed by atoms with van der Waals surface area (Å²) in [4.78, 5) is 11.2. The monoisotopic (exact) mass is 380 g/mol. The van der Waals surface area contributed by atoms with Crippen LogP contribution in [-0.4, -0.2) is 23.3 Å². The van der Waals surface area contributed by atoms with Gasteiger partial charge >= 0.3 is 5.97 Å². The Hall–Kier alpha value is 0.0500. The molecule has 2 atom stereocenters. The number of halogens is 2. The first-order valence-corrected chi connectivity index (χ1v) is 10.9. The van der Waals surface area contributed by atoms with Gasteiger partial charge in [-0.15, -0.1) is 23.2 Å². The van der Waals surface area contributed by atoms with Crippen LogP contribution in [0.4, 0.5) is 0 Å². The number of hydrogen-bond donors (Lipinski definition) is 0. The van der Waals surface area contributed by atoms with Gasteiger partial charge in [0.1, 0.15) is 0 Å². The summed E-state index contributed by atoms with van der Waals surface area (Å²) in [5.41, 5.74) is 0. The van der Waals surface area contributed by atoms with E-state index in [1.165, 1.54) is 44.9 Å². The zero-order chi connectivity index (χ0) is 18.0. The zero-order valence-electron chi connectivity index (χ0n) is 15.8. The third-order valence-electron chi connectivity index (χ3n) is 4.39. The summed E-state index contributed by atoms with van der Waals surface area (Å²) in [6.45, 7) is 4.57. The average molecular weight is 381 g/mol. The van der Waals surface area contributed by atoms with E-state index in [1.54, 1.807) is 0 Å². The number of ether oxygens (including phenoxy) is 1. The van der Waals surface area contributed by atoms with Crippen LogP contribution in [0.3, 0.4) is 0 Å². The molecule has 0 rings (SSSR count). The van der Waals surface area contributed by atoms with Gasteiger partial charge in [0.25, 0.3) is 0 Å². The van der Waals surface area contributed by atoms with Crippen LogP contribution in [0.25, 0.3) is 0 Å². The van der Waals surface area contributed by atoms with E-state index in [1.807, 2.05) is 6.92 Å². The number of alkyl halides is 2. The van der Waals surface area contributed by atoms with Crippen LogP contribution in [0.5, 0.6) is 0 Å². The van der Waals surface area contributed by atoms with Gasteiger partial charge in [-0.05, 0) is 26.2 Å². The molecule has 24 heavy (non-hydrogen) atoms. The minimum absolute atomic E-state index is 0.0713. The first kappa shape index (κ1) is 24.1. The molecule has 0 radical (unpaired) electrons. The van der Waals surface area contributed by atoms with Gasteiger partial charge in [0, 0.05) is 17.2 Å². The highest BCUT2D eigenvalue weighted by Gasteiger charge is 2.15. The Morgan fingerprint density at radius 2 is 1.21 bits per heavy atom. The molecule has 0 bridgehead atoms. The van der Waals surface area contributed by atoms with Gasteiger partial charge in [0.2, 0.25) is 0 Å². The first-order chi connectivity index (χ1) is 11.6. The Labute approximate surface area is 160 Å². The number of carbonyl (C=O) groups excluding carboxylic acids is 1. The second kappa shape index (κ2) is 17.9. The maximum atomic E-state index is 11.2. The van der Waals surface area contributed by atoms with Gasteiger partial charge in [-0.2, -0.15) is 0 Å². The lowest BCUT2D eigenvalue weighted by molar-refractivity contribution is -0.143. The van der Waals surface area contributed by atoms with E-state index < -0.39 is 0 Å². The standard InChI is InChI=1S/C20H38Cl2O2/c1-3-5-6-7-9-12-15-18(21)19(22)16-13-10-8-11-14-17-20(23)24-4-2/h18-19H,3-17H2,1-2H3. The van der Waals surface area contributed by atoms with Gasteiger partial charge < -0.3 is 4.74 Å². The highest BCUT2D eigenvalue weighted by Crippen LogP contribution is 2.23. The molecular weight excluding hydrogens is 343 g/mol. The van der Waals surface area contributed by atoms with E-state index in [9.17, 15) is 4.79 Å². The van der Waals surface area contributed by atoms with Crippen molar-refractivity contribution in [1.82, 2.24) is 0 Å². The van der Waals surface area contributed by atoms with Crippen molar-refractivity contribution in [2.24, 2.45) is 0 Å². The summed E-state index contributed by atoms with van der Waals surface area (Å²) in [6, 6.07) is 0. The lowest BCUT2D eigenvalue weighted by Crippen LogP contribution is -2.14. The predicted molar refractivity (Wildman–Crippen MR) is 106 cm³/mol. The fourth-order valence-electron chi connectivity index (χ4n) is 2.85. The second-order valence-corrected chi connectivity index (χ2v) is 7.82. The summed E-state index contributed by atoms with van der Waals surface area (Å²) in [7, 11) is 0. The molecule has 0 heterocycles. The molecule has 0 saturated heterocycles. The highest BCUT2D eigenvalue weighted by molar-refractivity contribution is 6.29. The fourth-order valence-corrected chi connectivity index (χ4v) is 3.41. The van der Waals surface area contributed by atoms with Gasteiger partial charge in [0.05, 0.1) is 6.61 Å². The summed E-state index contributed by atoms with van der Waals surface area (Å²) in [5, 5.41) is 0.212. The van der Waals surface area contributed by atoms with E-state index in [4.69, 9.17) is 27.9 Å². The molecule has 0 fully saturated rings. The van der Waals surface area contributed by atoms with Crippen molar-refractivity contribution in [1.29, 1.82) is 0 Å². The van der Waals surface area contributed by atoms with E-state index in [-0.39, 0.29) is 16.7 Å². The zero-order valence-corrected chi connectivity index (χ0v) is 17.3. The van der Waals surface area contributed by atoms with Crippen LogP contribution < -0.4 is 0 Å². The summed E-state index contributed by atoms with van der Waals surface area (Å²) in [6.07, 6.45) is 15.9. The molecule has 0 aromatic rings. The molecule has 0 aromatic heterocycles. The average Bonchev–Trinajstić information content (AvgIpc) is 2.56. The molecule has 2 nitrogen and oxygen atoms in total. The predicted octanol–water partition coefficient (Wildman–Crippen LogP) is 7.25. The number of hydrogen-bond acceptors (Lipinski definition) is 2. The van der Waals surface area contributed by atoms with Crippen molar-refractivity contribution in [2.45, 2.75) is 114 Å². The molecule has 0 N–H and O–H groups in total. The molecule has 144 valence electrons. The Morgan fingerprint density at radius 3 is 1.71 bits per heavy atom. The highest BCUT2D eigenvalue weighted by atomic mass is 35.5. The maximum Gasteiger partial charge on any atom is 0.305 e. The van der Waals surface area contributed by atoms with Crippen molar-refractivity contribution < 1.29 is 9.53 Å². The van der Waals surface area contributed by atoms with E-state index >= 15 is 0 Å². The molecule has 0 saturated carbocycles. The van der Waals surface area contributed by atoms with Gasteiger partial charge in [-0.3, -0.25) is 4.79 Å². The van der Waals surface area contributed by atoms with Crippen molar-refractivity contribution in [3.63, 3.8) is 0 Å². The van der Waals surface area contributed by atoms with Crippen molar-refractivity contribution in [3.05, 3.63) is 0 Å². The van der Waals surface area contributed by atoms with Crippen molar-refractivity contribution in [3.8, 4) is 0 Å². The van der Waals surface area contributed by atoms with Crippen molar-refractivity contribution >= 4 is 29.2 Å². The Kier molecular flexibility index (Phi) is 17.9. The third-order valence-corrected chi connectivity index (χ3v) is 5.57. The normalized spacial score (nSPS) is 13.7. The van der Waals surface area contributed by atoms with Crippen LogP contribution >= 0.6 is 23.2 Å². The Bertz CT molecular complexity index is 285. The van der Waals surface area contributed by atoms with Crippen LogP contribution in [0.1, 0.15) is 104 Å². The second-order valence-electron chi connectivity index (χ2n) is 6.70. The third kappa shape index (κ3) is 15.6. The lowest BCUT2D eigenvalue weighted by Gasteiger charge is -2.16. The van der Waals surface area contributed by atoms with E-state index in [0.29, 0.717) is 13.0 Å². The molecular formula is C20H38Cl2O2. The minimum atomic E-state index is -0.0713. The first-order valence-electron chi connectivity index (χ1n) is 10.1.